The molecule has 0 spiro atoms. The van der Waals surface area contributed by atoms with E-state index in [9.17, 15) is 4.79 Å². The lowest BCUT2D eigenvalue weighted by molar-refractivity contribution is -0.140. The van der Waals surface area contributed by atoms with Gasteiger partial charge in [-0.3, -0.25) is 9.63 Å². The number of carbonyl (C=O) groups is 1. The highest BCUT2D eigenvalue weighted by molar-refractivity contribution is 5.83. The van der Waals surface area contributed by atoms with Crippen LogP contribution in [0.3, 0.4) is 0 Å². The molecule has 2 heterocycles. The lowest BCUT2D eigenvalue weighted by Crippen LogP contribution is -2.35. The van der Waals surface area contributed by atoms with Crippen LogP contribution >= 0.6 is 0 Å². The molecule has 2 aliphatic heterocycles. The number of hydrogen-bond donors (Lipinski definition) is 1. The molecule has 19 heavy (non-hydrogen) atoms. The fourth-order valence-corrected chi connectivity index (χ4v) is 2.43. The van der Waals surface area contributed by atoms with Crippen molar-refractivity contribution in [3.63, 3.8) is 0 Å². The summed E-state index contributed by atoms with van der Waals surface area (Å²) in [5, 5.41) is 0. The van der Waals surface area contributed by atoms with Crippen molar-refractivity contribution in [2.45, 2.75) is 24.9 Å². The van der Waals surface area contributed by atoms with E-state index in [1.165, 1.54) is 0 Å². The summed E-state index contributed by atoms with van der Waals surface area (Å²) in [6.45, 7) is 1.80. The summed E-state index contributed by atoms with van der Waals surface area (Å²) in [5.41, 5.74) is 3.49. The average Bonchev–Trinajstić information content (AvgIpc) is 2.97. The molecule has 0 bridgehead atoms. The predicted octanol–water partition coefficient (Wildman–Crippen LogP) is 1.39. The third kappa shape index (κ3) is 2.72. The fraction of sp³-hybridized carbons (Fsp3) is 0.500. The van der Waals surface area contributed by atoms with Gasteiger partial charge < -0.3 is 9.47 Å². The number of nitrogens with one attached hydrogen (secondary N) is 1. The SMILES string of the molecule is O=C(NOC1CCOC1)C1CCOc2ccccc21. The number of para-hydroxylation sites is 1. The fourth-order valence-electron chi connectivity index (χ4n) is 2.43. The molecule has 0 saturated carbocycles. The maximum absolute atomic E-state index is 12.2. The van der Waals surface area contributed by atoms with Gasteiger partial charge in [-0.1, -0.05) is 18.2 Å². The zero-order valence-corrected chi connectivity index (χ0v) is 10.6. The Morgan fingerprint density at radius 2 is 2.16 bits per heavy atom. The van der Waals surface area contributed by atoms with Gasteiger partial charge in [0.25, 0.3) is 5.91 Å². The van der Waals surface area contributed by atoms with E-state index in [0.29, 0.717) is 26.2 Å². The molecule has 2 aliphatic rings. The first-order valence-corrected chi connectivity index (χ1v) is 6.59. The van der Waals surface area contributed by atoms with Crippen LogP contribution in [0.4, 0.5) is 0 Å². The van der Waals surface area contributed by atoms with Gasteiger partial charge in [-0.05, 0) is 12.5 Å². The van der Waals surface area contributed by atoms with E-state index in [1.807, 2.05) is 24.3 Å². The Balaban J connectivity index is 1.64. The van der Waals surface area contributed by atoms with Crippen LogP contribution in [0, 0.1) is 0 Å². The molecule has 1 N–H and O–H groups in total. The van der Waals surface area contributed by atoms with Crippen molar-refractivity contribution in [2.24, 2.45) is 0 Å². The molecular formula is C14H17NO4. The Morgan fingerprint density at radius 3 is 3.00 bits per heavy atom. The molecule has 3 rings (SSSR count). The topological polar surface area (TPSA) is 56.8 Å². The number of benzene rings is 1. The Bertz CT molecular complexity index is 457. The van der Waals surface area contributed by atoms with Crippen LogP contribution in [0.5, 0.6) is 5.75 Å². The molecule has 0 aromatic heterocycles. The first kappa shape index (κ1) is 12.4. The predicted molar refractivity (Wildman–Crippen MR) is 67.7 cm³/mol. The standard InChI is InChI=1S/C14H17NO4/c16-14(15-19-10-5-7-17-9-10)12-6-8-18-13-4-2-1-3-11(12)13/h1-4,10,12H,5-9H2,(H,15,16). The van der Waals surface area contributed by atoms with Gasteiger partial charge in [0, 0.05) is 18.6 Å². The lowest BCUT2D eigenvalue weighted by Gasteiger charge is -2.25. The summed E-state index contributed by atoms with van der Waals surface area (Å²) in [6.07, 6.45) is 1.47. The van der Waals surface area contributed by atoms with Gasteiger partial charge in [-0.25, -0.2) is 5.48 Å². The summed E-state index contributed by atoms with van der Waals surface area (Å²) in [4.78, 5) is 17.6. The molecule has 2 atom stereocenters. The highest BCUT2D eigenvalue weighted by Crippen LogP contribution is 2.33. The second kappa shape index (κ2) is 5.59. The largest absolute Gasteiger partial charge is 0.493 e. The number of ether oxygens (including phenoxy) is 2. The molecule has 0 radical (unpaired) electrons. The second-order valence-corrected chi connectivity index (χ2v) is 4.80. The second-order valence-electron chi connectivity index (χ2n) is 4.80. The van der Waals surface area contributed by atoms with Gasteiger partial charge in [-0.15, -0.1) is 0 Å². The Hall–Kier alpha value is -1.59. The van der Waals surface area contributed by atoms with Gasteiger partial charge in [0.2, 0.25) is 0 Å². The highest BCUT2D eigenvalue weighted by Gasteiger charge is 2.28. The van der Waals surface area contributed by atoms with Crippen molar-refractivity contribution in [3.05, 3.63) is 29.8 Å². The van der Waals surface area contributed by atoms with E-state index in [4.69, 9.17) is 14.3 Å². The number of amides is 1. The van der Waals surface area contributed by atoms with Crippen molar-refractivity contribution in [3.8, 4) is 5.75 Å². The smallest absolute Gasteiger partial charge is 0.251 e. The Morgan fingerprint density at radius 1 is 1.26 bits per heavy atom. The van der Waals surface area contributed by atoms with Crippen molar-refractivity contribution in [1.29, 1.82) is 0 Å². The van der Waals surface area contributed by atoms with Crippen LogP contribution in [-0.4, -0.2) is 31.8 Å². The molecule has 102 valence electrons. The zero-order chi connectivity index (χ0) is 13.1. The highest BCUT2D eigenvalue weighted by atomic mass is 16.7. The van der Waals surface area contributed by atoms with Crippen LogP contribution in [0.15, 0.2) is 24.3 Å². The normalized spacial score (nSPS) is 25.5. The third-order valence-corrected chi connectivity index (χ3v) is 3.49. The van der Waals surface area contributed by atoms with Crippen molar-refractivity contribution >= 4 is 5.91 Å². The van der Waals surface area contributed by atoms with E-state index in [-0.39, 0.29) is 17.9 Å². The molecule has 1 aromatic rings. The van der Waals surface area contributed by atoms with E-state index >= 15 is 0 Å². The van der Waals surface area contributed by atoms with Crippen molar-refractivity contribution < 1.29 is 19.1 Å². The third-order valence-electron chi connectivity index (χ3n) is 3.49. The van der Waals surface area contributed by atoms with Crippen LogP contribution in [0.2, 0.25) is 0 Å². The number of fused-ring (bicyclic) bond motifs is 1. The molecule has 5 nitrogen and oxygen atoms in total. The Labute approximate surface area is 111 Å². The lowest BCUT2D eigenvalue weighted by atomic mass is 9.93. The molecular weight excluding hydrogens is 246 g/mol. The van der Waals surface area contributed by atoms with Gasteiger partial charge in [-0.2, -0.15) is 0 Å². The quantitative estimate of drug-likeness (QED) is 0.837. The Kier molecular flexibility index (Phi) is 3.66. The van der Waals surface area contributed by atoms with Crippen LogP contribution in [0.1, 0.15) is 24.3 Å². The van der Waals surface area contributed by atoms with E-state index in [1.54, 1.807) is 0 Å². The zero-order valence-electron chi connectivity index (χ0n) is 10.6. The molecule has 1 amide bonds. The monoisotopic (exact) mass is 263 g/mol. The van der Waals surface area contributed by atoms with Crippen molar-refractivity contribution in [2.75, 3.05) is 19.8 Å². The molecule has 0 aliphatic carbocycles. The minimum atomic E-state index is -0.202. The van der Waals surface area contributed by atoms with Gasteiger partial charge in [0.1, 0.15) is 11.9 Å². The van der Waals surface area contributed by atoms with Crippen molar-refractivity contribution in [1.82, 2.24) is 5.48 Å². The maximum atomic E-state index is 12.2. The van der Waals surface area contributed by atoms with Crippen LogP contribution in [-0.2, 0) is 14.4 Å². The van der Waals surface area contributed by atoms with E-state index in [0.717, 1.165) is 17.7 Å². The summed E-state index contributed by atoms with van der Waals surface area (Å²) in [5.74, 6) is 0.480. The molecule has 5 heteroatoms. The minimum Gasteiger partial charge on any atom is -0.493 e. The van der Waals surface area contributed by atoms with Crippen LogP contribution in [0.25, 0.3) is 0 Å². The summed E-state index contributed by atoms with van der Waals surface area (Å²) in [7, 11) is 0. The van der Waals surface area contributed by atoms with E-state index < -0.39 is 0 Å². The maximum Gasteiger partial charge on any atom is 0.251 e. The summed E-state index contributed by atoms with van der Waals surface area (Å²) < 4.78 is 10.7. The van der Waals surface area contributed by atoms with E-state index in [2.05, 4.69) is 5.48 Å². The minimum absolute atomic E-state index is 0.0287. The van der Waals surface area contributed by atoms with Crippen LogP contribution < -0.4 is 10.2 Å². The molecule has 1 saturated heterocycles. The van der Waals surface area contributed by atoms with Gasteiger partial charge in [0.15, 0.2) is 0 Å². The van der Waals surface area contributed by atoms with Gasteiger partial charge in [0.05, 0.1) is 19.1 Å². The first-order valence-electron chi connectivity index (χ1n) is 6.59. The number of carbonyl (C=O) groups excluding carboxylic acids is 1. The van der Waals surface area contributed by atoms with Gasteiger partial charge >= 0.3 is 0 Å². The first-order chi connectivity index (χ1) is 9.34. The number of rotatable bonds is 3. The average molecular weight is 263 g/mol. The molecule has 2 unspecified atom stereocenters. The summed E-state index contributed by atoms with van der Waals surface area (Å²) in [6, 6.07) is 7.64. The molecule has 1 fully saturated rings. The number of hydrogen-bond acceptors (Lipinski definition) is 4. The molecule has 1 aromatic carbocycles. The number of hydroxylamine groups is 1. The summed E-state index contributed by atoms with van der Waals surface area (Å²) >= 11 is 0.